The van der Waals surface area contributed by atoms with E-state index in [0.717, 1.165) is 10.0 Å². The van der Waals surface area contributed by atoms with Gasteiger partial charge in [0, 0.05) is 18.1 Å². The van der Waals surface area contributed by atoms with Crippen LogP contribution in [0.3, 0.4) is 0 Å². The van der Waals surface area contributed by atoms with Crippen LogP contribution in [0.25, 0.3) is 0 Å². The van der Waals surface area contributed by atoms with E-state index in [9.17, 15) is 10.1 Å². The summed E-state index contributed by atoms with van der Waals surface area (Å²) in [6, 6.07) is 7.87. The summed E-state index contributed by atoms with van der Waals surface area (Å²) in [5, 5.41) is 15.6. The molecule has 1 atom stereocenters. The van der Waals surface area contributed by atoms with Gasteiger partial charge in [-0.15, -0.1) is 0 Å². The van der Waals surface area contributed by atoms with Gasteiger partial charge in [-0.3, -0.25) is 10.1 Å². The van der Waals surface area contributed by atoms with Crippen LogP contribution >= 0.6 is 15.9 Å². The molecule has 1 aliphatic rings. The van der Waals surface area contributed by atoms with E-state index in [-0.39, 0.29) is 16.7 Å². The van der Waals surface area contributed by atoms with Gasteiger partial charge < -0.3 is 9.64 Å². The summed E-state index contributed by atoms with van der Waals surface area (Å²) in [5.41, 5.74) is 1.54. The molecule has 1 fully saturated rings. The molecule has 0 N–H and O–H groups in total. The third-order valence-corrected chi connectivity index (χ3v) is 4.68. The number of anilines is 1. The normalized spacial score (nSPS) is 18.2. The second-order valence-electron chi connectivity index (χ2n) is 5.47. The minimum atomic E-state index is -0.361. The summed E-state index contributed by atoms with van der Waals surface area (Å²) in [4.78, 5) is 13.0. The lowest BCUT2D eigenvalue weighted by atomic mass is 10.1. The molecule has 0 bridgehead atoms. The number of benzene rings is 1. The maximum Gasteiger partial charge on any atom is 0.333 e. The molecule has 122 valence electrons. The van der Waals surface area contributed by atoms with E-state index in [2.05, 4.69) is 21.0 Å². The molecule has 1 aromatic carbocycles. The van der Waals surface area contributed by atoms with Gasteiger partial charge in [-0.05, 0) is 18.6 Å². The Hall–Kier alpha value is -1.93. The van der Waals surface area contributed by atoms with Crippen molar-refractivity contribution in [3.8, 4) is 0 Å². The topological polar surface area (TPSA) is 73.4 Å². The minimum Gasteiger partial charge on any atom is -0.370 e. The third kappa shape index (κ3) is 2.96. The highest BCUT2D eigenvalue weighted by atomic mass is 79.9. The molecule has 7 nitrogen and oxygen atoms in total. The first-order valence-electron chi connectivity index (χ1n) is 7.28. The monoisotopic (exact) mass is 380 g/mol. The average Bonchev–Trinajstić information content (AvgIpc) is 2.82. The quantitative estimate of drug-likeness (QED) is 0.604. The van der Waals surface area contributed by atoms with Crippen LogP contribution in [0.4, 0.5) is 11.5 Å². The smallest absolute Gasteiger partial charge is 0.333 e. The van der Waals surface area contributed by atoms with Crippen LogP contribution in [0, 0.1) is 17.0 Å². The molecule has 2 heterocycles. The second kappa shape index (κ2) is 6.29. The van der Waals surface area contributed by atoms with Crippen LogP contribution in [0.1, 0.15) is 17.4 Å². The fraction of sp³-hybridized carbons (Fsp3) is 0.400. The highest BCUT2D eigenvalue weighted by molar-refractivity contribution is 9.10. The van der Waals surface area contributed by atoms with Crippen LogP contribution in [0.15, 0.2) is 28.7 Å². The first-order chi connectivity index (χ1) is 11.0. The average molecular weight is 381 g/mol. The largest absolute Gasteiger partial charge is 0.370 e. The molecule has 1 unspecified atom stereocenters. The Balaban J connectivity index is 1.94. The Morgan fingerprint density at radius 2 is 2.17 bits per heavy atom. The summed E-state index contributed by atoms with van der Waals surface area (Å²) >= 11 is 3.54. The number of rotatable bonds is 3. The predicted octanol–water partition coefficient (Wildman–Crippen LogP) is 2.98. The standard InChI is InChI=1S/C15H17BrN4O3/c1-10-14(20(21)22)15(18(2)17-10)19-7-8-23-13(9-19)11-5-3-4-6-12(11)16/h3-6,13H,7-9H2,1-2H3. The number of halogens is 1. The predicted molar refractivity (Wildman–Crippen MR) is 89.6 cm³/mol. The number of hydrogen-bond acceptors (Lipinski definition) is 5. The molecular formula is C15H17BrN4O3. The molecule has 0 saturated carbocycles. The number of nitrogens with zero attached hydrogens (tertiary/aromatic N) is 4. The molecule has 1 aliphatic heterocycles. The molecule has 0 spiro atoms. The molecule has 8 heteroatoms. The molecule has 0 radical (unpaired) electrons. The van der Waals surface area contributed by atoms with Crippen molar-refractivity contribution in [2.45, 2.75) is 13.0 Å². The molecule has 2 aromatic rings. The van der Waals surface area contributed by atoms with E-state index in [4.69, 9.17) is 4.74 Å². The minimum absolute atomic E-state index is 0.0697. The summed E-state index contributed by atoms with van der Waals surface area (Å²) in [5.74, 6) is 0.535. The van der Waals surface area contributed by atoms with Crippen molar-refractivity contribution in [1.82, 2.24) is 9.78 Å². The Bertz CT molecular complexity index is 746. The molecule has 0 amide bonds. The van der Waals surface area contributed by atoms with Crippen molar-refractivity contribution in [1.29, 1.82) is 0 Å². The number of ether oxygens (including phenoxy) is 1. The molecule has 23 heavy (non-hydrogen) atoms. The number of aryl methyl sites for hydroxylation is 2. The summed E-state index contributed by atoms with van der Waals surface area (Å²) in [6.45, 7) is 3.31. The summed E-state index contributed by atoms with van der Waals surface area (Å²) < 4.78 is 8.43. The molecule has 3 rings (SSSR count). The second-order valence-corrected chi connectivity index (χ2v) is 6.32. The number of hydrogen-bond donors (Lipinski definition) is 0. The van der Waals surface area contributed by atoms with Crippen molar-refractivity contribution < 1.29 is 9.66 Å². The zero-order valence-corrected chi connectivity index (χ0v) is 14.5. The van der Waals surface area contributed by atoms with Crippen LogP contribution < -0.4 is 4.90 Å². The fourth-order valence-corrected chi connectivity index (χ4v) is 3.51. The van der Waals surface area contributed by atoms with Gasteiger partial charge in [0.15, 0.2) is 0 Å². The summed E-state index contributed by atoms with van der Waals surface area (Å²) in [7, 11) is 1.73. The van der Waals surface area contributed by atoms with Crippen molar-refractivity contribution in [2.24, 2.45) is 7.05 Å². The van der Waals surface area contributed by atoms with Gasteiger partial charge in [-0.25, -0.2) is 4.68 Å². The van der Waals surface area contributed by atoms with E-state index in [0.29, 0.717) is 31.2 Å². The van der Waals surface area contributed by atoms with Gasteiger partial charge >= 0.3 is 5.69 Å². The van der Waals surface area contributed by atoms with Gasteiger partial charge in [0.25, 0.3) is 0 Å². The molecule has 1 aromatic heterocycles. The van der Waals surface area contributed by atoms with Gasteiger partial charge in [-0.1, -0.05) is 34.1 Å². The lowest BCUT2D eigenvalue weighted by Gasteiger charge is -2.34. The van der Waals surface area contributed by atoms with Crippen LogP contribution in [0.5, 0.6) is 0 Å². The third-order valence-electron chi connectivity index (χ3n) is 3.96. The van der Waals surface area contributed by atoms with Crippen LogP contribution in [-0.4, -0.2) is 34.4 Å². The van der Waals surface area contributed by atoms with E-state index in [1.54, 1.807) is 18.7 Å². The Labute approximate surface area is 142 Å². The SMILES string of the molecule is Cc1nn(C)c(N2CCOC(c3ccccc3Br)C2)c1[N+](=O)[O-]. The summed E-state index contributed by atoms with van der Waals surface area (Å²) in [6.07, 6.45) is -0.144. The van der Waals surface area contributed by atoms with Gasteiger partial charge in [0.1, 0.15) is 11.8 Å². The highest BCUT2D eigenvalue weighted by Crippen LogP contribution is 2.35. The first kappa shape index (κ1) is 15.9. The van der Waals surface area contributed by atoms with E-state index in [1.807, 2.05) is 29.2 Å². The maximum absolute atomic E-state index is 11.4. The molecule has 0 aliphatic carbocycles. The zero-order chi connectivity index (χ0) is 16.6. The number of nitro groups is 1. The van der Waals surface area contributed by atoms with Gasteiger partial charge in [-0.2, -0.15) is 5.10 Å². The van der Waals surface area contributed by atoms with Crippen molar-refractivity contribution in [3.05, 3.63) is 50.1 Å². The van der Waals surface area contributed by atoms with Crippen molar-refractivity contribution in [3.63, 3.8) is 0 Å². The number of morpholine rings is 1. The zero-order valence-electron chi connectivity index (χ0n) is 12.9. The Morgan fingerprint density at radius 1 is 1.43 bits per heavy atom. The Kier molecular flexibility index (Phi) is 4.36. The van der Waals surface area contributed by atoms with Crippen molar-refractivity contribution >= 4 is 27.4 Å². The molecular weight excluding hydrogens is 364 g/mol. The van der Waals surface area contributed by atoms with Crippen LogP contribution in [-0.2, 0) is 11.8 Å². The highest BCUT2D eigenvalue weighted by Gasteiger charge is 2.32. The van der Waals surface area contributed by atoms with Gasteiger partial charge in [0.2, 0.25) is 5.82 Å². The Morgan fingerprint density at radius 3 is 2.87 bits per heavy atom. The lowest BCUT2D eigenvalue weighted by Crippen LogP contribution is -2.39. The maximum atomic E-state index is 11.4. The van der Waals surface area contributed by atoms with E-state index in [1.165, 1.54) is 0 Å². The molecule has 1 saturated heterocycles. The van der Waals surface area contributed by atoms with Gasteiger partial charge in [0.05, 0.1) is 18.1 Å². The fourth-order valence-electron chi connectivity index (χ4n) is 2.97. The van der Waals surface area contributed by atoms with E-state index >= 15 is 0 Å². The number of aromatic nitrogens is 2. The first-order valence-corrected chi connectivity index (χ1v) is 8.07. The lowest BCUT2D eigenvalue weighted by molar-refractivity contribution is -0.384. The van der Waals surface area contributed by atoms with Crippen molar-refractivity contribution in [2.75, 3.05) is 24.6 Å². The van der Waals surface area contributed by atoms with Crippen LogP contribution in [0.2, 0.25) is 0 Å². The van der Waals surface area contributed by atoms with E-state index < -0.39 is 0 Å².